The third-order valence-electron chi connectivity index (χ3n) is 4.54. The van der Waals surface area contributed by atoms with Gasteiger partial charge < -0.3 is 19.5 Å². The maximum Gasteiger partial charge on any atom is 0.244 e. The fourth-order valence-corrected chi connectivity index (χ4v) is 4.37. The second kappa shape index (κ2) is 8.60. The summed E-state index contributed by atoms with van der Waals surface area (Å²) in [4.78, 5) is 12.9. The second-order valence-electron chi connectivity index (χ2n) is 6.59. The summed E-state index contributed by atoms with van der Waals surface area (Å²) in [5.74, 6) is 1.40. The number of hydrogen-bond acceptors (Lipinski definition) is 6. The van der Waals surface area contributed by atoms with Crippen molar-refractivity contribution < 1.29 is 27.4 Å². The highest BCUT2D eigenvalue weighted by Crippen LogP contribution is 2.32. The molecule has 0 fully saturated rings. The molecule has 2 aromatic carbocycles. The van der Waals surface area contributed by atoms with E-state index in [9.17, 15) is 13.2 Å². The molecule has 1 amide bonds. The van der Waals surface area contributed by atoms with E-state index in [2.05, 4.69) is 5.32 Å². The molecule has 0 saturated carbocycles. The lowest BCUT2D eigenvalue weighted by atomic mass is 10.1. The maximum absolute atomic E-state index is 12.9. The third kappa shape index (κ3) is 4.73. The van der Waals surface area contributed by atoms with Crippen LogP contribution in [0.3, 0.4) is 0 Å². The molecule has 0 bridgehead atoms. The molecule has 1 N–H and O–H groups in total. The van der Waals surface area contributed by atoms with Gasteiger partial charge in [0.1, 0.15) is 11.8 Å². The summed E-state index contributed by atoms with van der Waals surface area (Å²) in [6.07, 6.45) is 1.39. The molecule has 29 heavy (non-hydrogen) atoms. The van der Waals surface area contributed by atoms with Crippen LogP contribution in [0, 0.1) is 0 Å². The van der Waals surface area contributed by atoms with Gasteiger partial charge in [0.05, 0.1) is 19.1 Å². The van der Waals surface area contributed by atoms with E-state index in [0.717, 1.165) is 16.1 Å². The van der Waals surface area contributed by atoms with Crippen LogP contribution in [0.4, 0.5) is 5.69 Å². The van der Waals surface area contributed by atoms with E-state index >= 15 is 0 Å². The minimum Gasteiger partial charge on any atom is -0.497 e. The molecule has 156 valence electrons. The summed E-state index contributed by atoms with van der Waals surface area (Å²) in [6, 6.07) is 11.1. The number of methoxy groups -OCH3 is 1. The lowest BCUT2D eigenvalue weighted by molar-refractivity contribution is -0.122. The standard InChI is InChI=1S/C20H24N2O6S/c1-4-17(22(29(3,24)25)15-6-5-7-16(11-15)26-2)20(23)21-12-14-8-9-18-19(10-14)28-13-27-18/h5-11,17H,4,12-13H2,1-3H3,(H,21,23)/t17-/m1/s1. The first-order valence-corrected chi connectivity index (χ1v) is 11.0. The SMILES string of the molecule is CC[C@H](C(=O)NCc1ccc2c(c1)OCO2)N(c1cccc(OC)c1)S(C)(=O)=O. The van der Waals surface area contributed by atoms with Crippen molar-refractivity contribution in [2.45, 2.75) is 25.9 Å². The smallest absolute Gasteiger partial charge is 0.244 e. The van der Waals surface area contributed by atoms with Crippen molar-refractivity contribution in [3.05, 3.63) is 48.0 Å². The highest BCUT2D eigenvalue weighted by molar-refractivity contribution is 7.92. The Kier molecular flexibility index (Phi) is 6.17. The van der Waals surface area contributed by atoms with Gasteiger partial charge in [0, 0.05) is 12.6 Å². The van der Waals surface area contributed by atoms with Gasteiger partial charge in [-0.3, -0.25) is 9.10 Å². The average Bonchev–Trinajstić information content (AvgIpc) is 3.17. The number of carbonyl (C=O) groups excluding carboxylic acids is 1. The molecule has 0 radical (unpaired) electrons. The van der Waals surface area contributed by atoms with Crippen molar-refractivity contribution in [3.8, 4) is 17.2 Å². The van der Waals surface area contributed by atoms with Gasteiger partial charge in [-0.1, -0.05) is 19.1 Å². The normalized spacial score (nSPS) is 13.6. The summed E-state index contributed by atoms with van der Waals surface area (Å²) in [7, 11) is -2.21. The van der Waals surface area contributed by atoms with Crippen LogP contribution < -0.4 is 23.8 Å². The number of rotatable bonds is 8. The molecule has 1 heterocycles. The predicted octanol–water partition coefficient (Wildman–Crippen LogP) is 2.28. The van der Waals surface area contributed by atoms with Crippen molar-refractivity contribution in [2.24, 2.45) is 0 Å². The molecule has 0 aliphatic carbocycles. The summed E-state index contributed by atoms with van der Waals surface area (Å²) < 4.78 is 42.0. The van der Waals surface area contributed by atoms with Crippen molar-refractivity contribution in [2.75, 3.05) is 24.5 Å². The Labute approximate surface area is 170 Å². The van der Waals surface area contributed by atoms with Gasteiger partial charge in [-0.05, 0) is 36.2 Å². The van der Waals surface area contributed by atoms with Gasteiger partial charge in [-0.25, -0.2) is 8.42 Å². The van der Waals surface area contributed by atoms with Crippen LogP contribution in [0.15, 0.2) is 42.5 Å². The predicted molar refractivity (Wildman–Crippen MR) is 109 cm³/mol. The second-order valence-corrected chi connectivity index (χ2v) is 8.45. The van der Waals surface area contributed by atoms with Crippen molar-refractivity contribution in [3.63, 3.8) is 0 Å². The van der Waals surface area contributed by atoms with E-state index in [0.29, 0.717) is 29.4 Å². The zero-order valence-electron chi connectivity index (χ0n) is 16.5. The molecule has 0 unspecified atom stereocenters. The first-order valence-electron chi connectivity index (χ1n) is 9.13. The minimum absolute atomic E-state index is 0.174. The fraction of sp³-hybridized carbons (Fsp3) is 0.350. The number of carbonyl (C=O) groups is 1. The molecule has 0 spiro atoms. The van der Waals surface area contributed by atoms with Crippen molar-refractivity contribution in [1.29, 1.82) is 0 Å². The number of benzene rings is 2. The summed E-state index contributed by atoms with van der Waals surface area (Å²) in [6.45, 7) is 2.18. The molecule has 1 aliphatic heterocycles. The van der Waals surface area contributed by atoms with Crippen LogP contribution in [0.2, 0.25) is 0 Å². The van der Waals surface area contributed by atoms with Crippen LogP contribution in [0.5, 0.6) is 17.2 Å². The van der Waals surface area contributed by atoms with Crippen LogP contribution in [0.25, 0.3) is 0 Å². The van der Waals surface area contributed by atoms with Gasteiger partial charge in [-0.15, -0.1) is 0 Å². The minimum atomic E-state index is -3.71. The lowest BCUT2D eigenvalue weighted by Gasteiger charge is -2.30. The van der Waals surface area contributed by atoms with E-state index in [1.807, 2.05) is 6.07 Å². The highest BCUT2D eigenvalue weighted by Gasteiger charge is 2.31. The van der Waals surface area contributed by atoms with Gasteiger partial charge in [0.25, 0.3) is 0 Å². The number of nitrogens with one attached hydrogen (secondary N) is 1. The number of ether oxygens (including phenoxy) is 3. The number of sulfonamides is 1. The molecule has 0 saturated heterocycles. The molecule has 8 nitrogen and oxygen atoms in total. The van der Waals surface area contributed by atoms with Crippen molar-refractivity contribution in [1.82, 2.24) is 5.32 Å². The molecule has 3 rings (SSSR count). The quantitative estimate of drug-likeness (QED) is 0.704. The van der Waals surface area contributed by atoms with E-state index in [1.54, 1.807) is 43.3 Å². The van der Waals surface area contributed by atoms with Gasteiger partial charge in [0.2, 0.25) is 22.7 Å². The molecule has 2 aromatic rings. The zero-order valence-corrected chi connectivity index (χ0v) is 17.4. The monoisotopic (exact) mass is 420 g/mol. The summed E-state index contributed by atoms with van der Waals surface area (Å²) >= 11 is 0. The maximum atomic E-state index is 12.9. The molecule has 1 aliphatic rings. The Morgan fingerprint density at radius 2 is 1.97 bits per heavy atom. The van der Waals surface area contributed by atoms with E-state index in [-0.39, 0.29) is 13.3 Å². The Balaban J connectivity index is 1.79. The highest BCUT2D eigenvalue weighted by atomic mass is 32.2. The fourth-order valence-electron chi connectivity index (χ4n) is 3.17. The van der Waals surface area contributed by atoms with Gasteiger partial charge in [0.15, 0.2) is 11.5 Å². The van der Waals surface area contributed by atoms with Gasteiger partial charge in [-0.2, -0.15) is 0 Å². The van der Waals surface area contributed by atoms with Crippen LogP contribution in [-0.4, -0.2) is 40.5 Å². The number of amides is 1. The first kappa shape index (κ1) is 20.8. The Morgan fingerprint density at radius 3 is 2.66 bits per heavy atom. The Bertz CT molecular complexity index is 992. The zero-order chi connectivity index (χ0) is 21.0. The van der Waals surface area contributed by atoms with E-state index < -0.39 is 22.0 Å². The van der Waals surface area contributed by atoms with E-state index in [4.69, 9.17) is 14.2 Å². The lowest BCUT2D eigenvalue weighted by Crippen LogP contribution is -2.49. The number of hydrogen-bond donors (Lipinski definition) is 1. The van der Waals surface area contributed by atoms with E-state index in [1.165, 1.54) is 7.11 Å². The molecular weight excluding hydrogens is 396 g/mol. The molecule has 9 heteroatoms. The largest absolute Gasteiger partial charge is 0.497 e. The first-order chi connectivity index (χ1) is 13.8. The average molecular weight is 420 g/mol. The topological polar surface area (TPSA) is 94.2 Å². The Morgan fingerprint density at radius 1 is 1.21 bits per heavy atom. The number of nitrogens with zero attached hydrogens (tertiary/aromatic N) is 1. The number of anilines is 1. The third-order valence-corrected chi connectivity index (χ3v) is 5.72. The summed E-state index contributed by atoms with van der Waals surface area (Å²) in [5, 5.41) is 2.82. The number of fused-ring (bicyclic) bond motifs is 1. The van der Waals surface area contributed by atoms with Crippen molar-refractivity contribution >= 4 is 21.6 Å². The van der Waals surface area contributed by atoms with Crippen LogP contribution in [0.1, 0.15) is 18.9 Å². The molecule has 1 atom stereocenters. The van der Waals surface area contributed by atoms with Crippen LogP contribution in [-0.2, 0) is 21.4 Å². The Hall–Kier alpha value is -2.94. The van der Waals surface area contributed by atoms with Gasteiger partial charge >= 0.3 is 0 Å². The summed E-state index contributed by atoms with van der Waals surface area (Å²) in [5.41, 5.74) is 1.20. The molecular formula is C20H24N2O6S. The van der Waals surface area contributed by atoms with Crippen LogP contribution >= 0.6 is 0 Å². The molecule has 0 aromatic heterocycles.